The quantitative estimate of drug-likeness (QED) is 0.447. The molecule has 0 aromatic heterocycles. The second kappa shape index (κ2) is 3.85. The maximum Gasteiger partial charge on any atom is 0.0260 e. The van der Waals surface area contributed by atoms with Gasteiger partial charge in [0.05, 0.1) is 0 Å². The number of piperidine rings is 1. The predicted octanol–water partition coefficient (Wildman–Crippen LogP) is 1.07. The van der Waals surface area contributed by atoms with Gasteiger partial charge in [-0.3, -0.25) is 0 Å². The van der Waals surface area contributed by atoms with Gasteiger partial charge in [0.15, 0.2) is 0 Å². The van der Waals surface area contributed by atoms with E-state index in [0.717, 1.165) is 13.1 Å². The minimum absolute atomic E-state index is 1.09. The topological polar surface area (TPSA) is 3.24 Å². The van der Waals surface area contributed by atoms with Crippen LogP contribution in [0.2, 0.25) is 0 Å². The third-order valence-corrected chi connectivity index (χ3v) is 1.64. The third kappa shape index (κ3) is 2.03. The largest absolute Gasteiger partial charge is 0.332 e. The van der Waals surface area contributed by atoms with Gasteiger partial charge in [0.25, 0.3) is 0 Å². The van der Waals surface area contributed by atoms with Gasteiger partial charge < -0.3 is 4.90 Å². The Hall–Kier alpha value is -1.08. The van der Waals surface area contributed by atoms with Crippen molar-refractivity contribution in [2.24, 2.45) is 0 Å². The van der Waals surface area contributed by atoms with Crippen molar-refractivity contribution in [3.8, 4) is 24.3 Å². The number of hydrogen-bond acceptors (Lipinski definition) is 1. The highest BCUT2D eigenvalue weighted by molar-refractivity contribution is 5.21. The Labute approximate surface area is 62.4 Å². The molecule has 0 bridgehead atoms. The van der Waals surface area contributed by atoms with Gasteiger partial charge in [-0.2, -0.15) is 0 Å². The minimum Gasteiger partial charge on any atom is -0.332 e. The Balaban J connectivity index is 2.34. The molecule has 0 aliphatic carbocycles. The monoisotopic (exact) mass is 133 g/mol. The molecule has 0 radical (unpaired) electrons. The van der Waals surface area contributed by atoms with Gasteiger partial charge in [-0.05, 0) is 25.2 Å². The fourth-order valence-corrected chi connectivity index (χ4v) is 1.12. The third-order valence-electron chi connectivity index (χ3n) is 1.64. The summed E-state index contributed by atoms with van der Waals surface area (Å²) in [6.07, 6.45) is 8.86. The van der Waals surface area contributed by atoms with Crippen molar-refractivity contribution in [2.45, 2.75) is 19.3 Å². The van der Waals surface area contributed by atoms with Gasteiger partial charge >= 0.3 is 0 Å². The molecule has 1 fully saturated rings. The van der Waals surface area contributed by atoms with Gasteiger partial charge in [-0.1, -0.05) is 0 Å². The highest BCUT2D eigenvalue weighted by Crippen LogP contribution is 2.06. The summed E-state index contributed by atoms with van der Waals surface area (Å²) in [5, 5.41) is 0. The summed E-state index contributed by atoms with van der Waals surface area (Å²) in [6, 6.07) is 2.92. The highest BCUT2D eigenvalue weighted by Gasteiger charge is 2.04. The number of terminal acetylenes is 1. The van der Waals surface area contributed by atoms with Crippen LogP contribution in [-0.2, 0) is 0 Å². The zero-order valence-corrected chi connectivity index (χ0v) is 6.06. The number of hydrogen-bond donors (Lipinski definition) is 0. The summed E-state index contributed by atoms with van der Waals surface area (Å²) in [5.74, 6) is 4.93. The van der Waals surface area contributed by atoms with Crippen LogP contribution in [0.3, 0.4) is 0 Å². The lowest BCUT2D eigenvalue weighted by molar-refractivity contribution is 0.327. The van der Waals surface area contributed by atoms with Gasteiger partial charge in [-0.25, -0.2) is 0 Å². The molecule has 1 aliphatic rings. The van der Waals surface area contributed by atoms with Crippen molar-refractivity contribution in [3.05, 3.63) is 0 Å². The summed E-state index contributed by atoms with van der Waals surface area (Å²) in [5.41, 5.74) is 0. The summed E-state index contributed by atoms with van der Waals surface area (Å²) in [7, 11) is 0. The van der Waals surface area contributed by atoms with Crippen molar-refractivity contribution in [3.63, 3.8) is 0 Å². The molecule has 1 heterocycles. The minimum atomic E-state index is 1.09. The SMILES string of the molecule is C#CC#CN1CCCCC1. The molecule has 1 nitrogen and oxygen atoms in total. The van der Waals surface area contributed by atoms with Crippen molar-refractivity contribution in [2.75, 3.05) is 13.1 Å². The normalized spacial score (nSPS) is 16.9. The van der Waals surface area contributed by atoms with Gasteiger partial charge in [0.2, 0.25) is 0 Å². The molecule has 0 unspecified atom stereocenters. The first-order valence-electron chi connectivity index (χ1n) is 3.64. The van der Waals surface area contributed by atoms with E-state index >= 15 is 0 Å². The van der Waals surface area contributed by atoms with Crippen LogP contribution in [0.25, 0.3) is 0 Å². The molecule has 1 aliphatic heterocycles. The van der Waals surface area contributed by atoms with E-state index in [4.69, 9.17) is 6.42 Å². The lowest BCUT2D eigenvalue weighted by Gasteiger charge is -2.21. The molecule has 0 spiro atoms. The van der Waals surface area contributed by atoms with Crippen LogP contribution in [-0.4, -0.2) is 18.0 Å². The molecule has 0 N–H and O–H groups in total. The van der Waals surface area contributed by atoms with Crippen LogP contribution < -0.4 is 0 Å². The Bertz CT molecular complexity index is 183. The van der Waals surface area contributed by atoms with E-state index in [1.807, 2.05) is 0 Å². The fraction of sp³-hybridized carbons (Fsp3) is 0.556. The van der Waals surface area contributed by atoms with Crippen LogP contribution in [0.4, 0.5) is 0 Å². The van der Waals surface area contributed by atoms with E-state index in [9.17, 15) is 0 Å². The van der Waals surface area contributed by atoms with Crippen LogP contribution in [0.15, 0.2) is 0 Å². The first-order chi connectivity index (χ1) is 4.93. The van der Waals surface area contributed by atoms with Crippen molar-refractivity contribution < 1.29 is 0 Å². The number of rotatable bonds is 0. The molecule has 10 heavy (non-hydrogen) atoms. The van der Waals surface area contributed by atoms with Crippen LogP contribution >= 0.6 is 0 Å². The maximum atomic E-state index is 5.00. The average molecular weight is 133 g/mol. The second-order valence-electron chi connectivity index (χ2n) is 2.43. The summed E-state index contributed by atoms with van der Waals surface area (Å²) in [6.45, 7) is 2.18. The first kappa shape index (κ1) is 7.03. The van der Waals surface area contributed by atoms with Crippen molar-refractivity contribution in [1.29, 1.82) is 0 Å². The fourth-order valence-electron chi connectivity index (χ4n) is 1.12. The molecule has 0 aromatic carbocycles. The zero-order chi connectivity index (χ0) is 7.23. The summed E-state index contributed by atoms with van der Waals surface area (Å²) < 4.78 is 0. The van der Waals surface area contributed by atoms with E-state index < -0.39 is 0 Å². The lowest BCUT2D eigenvalue weighted by atomic mass is 10.1. The zero-order valence-electron chi connectivity index (χ0n) is 6.06. The van der Waals surface area contributed by atoms with Gasteiger partial charge in [0, 0.05) is 25.1 Å². The average Bonchev–Trinajstić information content (AvgIpc) is 2.03. The lowest BCUT2D eigenvalue weighted by Crippen LogP contribution is -2.24. The Morgan fingerprint density at radius 3 is 2.40 bits per heavy atom. The summed E-state index contributed by atoms with van der Waals surface area (Å²) >= 11 is 0. The summed E-state index contributed by atoms with van der Waals surface area (Å²) in [4.78, 5) is 2.10. The Morgan fingerprint density at radius 1 is 1.10 bits per heavy atom. The van der Waals surface area contributed by atoms with Crippen molar-refractivity contribution >= 4 is 0 Å². The molecule has 0 saturated carbocycles. The van der Waals surface area contributed by atoms with Crippen molar-refractivity contribution in [1.82, 2.24) is 4.90 Å². The maximum absolute atomic E-state index is 5.00. The highest BCUT2D eigenvalue weighted by atomic mass is 15.1. The van der Waals surface area contributed by atoms with E-state index in [2.05, 4.69) is 22.8 Å². The predicted molar refractivity (Wildman–Crippen MR) is 42.0 cm³/mol. The molecule has 0 atom stereocenters. The molecule has 52 valence electrons. The van der Waals surface area contributed by atoms with Crippen LogP contribution in [0.5, 0.6) is 0 Å². The van der Waals surface area contributed by atoms with E-state index in [0.29, 0.717) is 0 Å². The van der Waals surface area contributed by atoms with Gasteiger partial charge in [0.1, 0.15) is 0 Å². The number of likely N-dealkylation sites (tertiary alicyclic amines) is 1. The first-order valence-corrected chi connectivity index (χ1v) is 3.64. The Morgan fingerprint density at radius 2 is 1.80 bits per heavy atom. The standard InChI is InChI=1S/C9H11N/c1-2-3-7-10-8-5-4-6-9-10/h1H,4-6,8-9H2. The molecule has 1 saturated heterocycles. The van der Waals surface area contributed by atoms with E-state index in [-0.39, 0.29) is 0 Å². The van der Waals surface area contributed by atoms with E-state index in [1.54, 1.807) is 0 Å². The Kier molecular flexibility index (Phi) is 2.71. The molecular weight excluding hydrogens is 122 g/mol. The molecule has 0 aromatic rings. The molecule has 0 amide bonds. The number of nitrogens with zero attached hydrogens (tertiary/aromatic N) is 1. The molecule has 1 rings (SSSR count). The second-order valence-corrected chi connectivity index (χ2v) is 2.43. The van der Waals surface area contributed by atoms with Crippen LogP contribution in [0.1, 0.15) is 19.3 Å². The smallest absolute Gasteiger partial charge is 0.0260 e. The molecule has 1 heteroatoms. The van der Waals surface area contributed by atoms with Gasteiger partial charge in [-0.15, -0.1) is 6.42 Å². The van der Waals surface area contributed by atoms with Crippen LogP contribution in [0, 0.1) is 24.3 Å². The molecular formula is C9H11N. The van der Waals surface area contributed by atoms with E-state index in [1.165, 1.54) is 19.3 Å².